The smallest absolute Gasteiger partial charge is 0.163 e. The summed E-state index contributed by atoms with van der Waals surface area (Å²) in [6.07, 6.45) is 6.98. The molecule has 0 amide bonds. The number of nitrogens with zero attached hydrogens (tertiary/aromatic N) is 1. The van der Waals surface area contributed by atoms with Gasteiger partial charge in [0.25, 0.3) is 0 Å². The van der Waals surface area contributed by atoms with Crippen LogP contribution in [-0.4, -0.2) is 24.7 Å². The third-order valence-corrected chi connectivity index (χ3v) is 5.69. The average molecular weight is 372 g/mol. The van der Waals surface area contributed by atoms with Crippen LogP contribution >= 0.6 is 11.6 Å². The van der Waals surface area contributed by atoms with E-state index in [2.05, 4.69) is 4.90 Å². The quantitative estimate of drug-likeness (QED) is 0.659. The fourth-order valence-corrected chi connectivity index (χ4v) is 4.28. The van der Waals surface area contributed by atoms with Gasteiger partial charge in [0.05, 0.1) is 0 Å². The van der Waals surface area contributed by atoms with Crippen molar-refractivity contribution in [3.8, 4) is 0 Å². The summed E-state index contributed by atoms with van der Waals surface area (Å²) in [4.78, 5) is 27.4. The Bertz CT molecular complexity index is 801. The van der Waals surface area contributed by atoms with Crippen LogP contribution in [-0.2, 0) is 4.79 Å². The summed E-state index contributed by atoms with van der Waals surface area (Å²) in [7, 11) is 0. The van der Waals surface area contributed by atoms with Crippen molar-refractivity contribution in [2.45, 2.75) is 46.5 Å². The number of halogens is 1. The third kappa shape index (κ3) is 3.93. The Morgan fingerprint density at radius 2 is 1.85 bits per heavy atom. The number of benzene rings is 1. The normalized spacial score (nSPS) is 20.2. The first-order valence-corrected chi connectivity index (χ1v) is 9.73. The van der Waals surface area contributed by atoms with Gasteiger partial charge in [0.1, 0.15) is 0 Å². The Morgan fingerprint density at radius 3 is 2.50 bits per heavy atom. The highest BCUT2D eigenvalue weighted by Crippen LogP contribution is 2.32. The Balaban J connectivity index is 1.76. The maximum Gasteiger partial charge on any atom is 0.163 e. The molecule has 1 saturated heterocycles. The molecule has 1 atom stereocenters. The molecule has 1 heterocycles. The van der Waals surface area contributed by atoms with Gasteiger partial charge in [-0.15, -0.1) is 0 Å². The van der Waals surface area contributed by atoms with Gasteiger partial charge in [-0.3, -0.25) is 9.59 Å². The molecule has 0 saturated carbocycles. The molecule has 3 rings (SSSR count). The van der Waals surface area contributed by atoms with E-state index in [0.29, 0.717) is 23.4 Å². The number of hydrogen-bond donors (Lipinski definition) is 0. The summed E-state index contributed by atoms with van der Waals surface area (Å²) in [5, 5.41) is 0.601. The monoisotopic (exact) mass is 371 g/mol. The van der Waals surface area contributed by atoms with Gasteiger partial charge in [-0.2, -0.15) is 0 Å². The van der Waals surface area contributed by atoms with E-state index < -0.39 is 0 Å². The molecule has 1 aliphatic carbocycles. The number of carbonyl (C=O) groups excluding carboxylic acids is 2. The van der Waals surface area contributed by atoms with E-state index in [1.54, 1.807) is 12.1 Å². The molecule has 1 aliphatic heterocycles. The van der Waals surface area contributed by atoms with E-state index in [4.69, 9.17) is 11.6 Å². The summed E-state index contributed by atoms with van der Waals surface area (Å²) in [5.41, 5.74) is 4.79. The van der Waals surface area contributed by atoms with Crippen LogP contribution in [0.2, 0.25) is 5.02 Å². The largest absolute Gasteiger partial charge is 0.371 e. The molecule has 0 N–H and O–H groups in total. The minimum absolute atomic E-state index is 0.0670. The number of ketones is 2. The molecule has 1 aromatic carbocycles. The van der Waals surface area contributed by atoms with Crippen molar-refractivity contribution >= 4 is 28.9 Å². The Morgan fingerprint density at radius 1 is 1.15 bits per heavy atom. The second-order valence-electron chi connectivity index (χ2n) is 7.49. The lowest BCUT2D eigenvalue weighted by Gasteiger charge is -2.23. The first-order valence-electron chi connectivity index (χ1n) is 9.35. The predicted octanol–water partition coefficient (Wildman–Crippen LogP) is 5.30. The second-order valence-corrected chi connectivity index (χ2v) is 7.92. The number of anilines is 1. The zero-order valence-electron chi connectivity index (χ0n) is 15.8. The highest BCUT2D eigenvalue weighted by Gasteiger charge is 2.24. The second kappa shape index (κ2) is 7.79. The van der Waals surface area contributed by atoms with E-state index in [9.17, 15) is 9.59 Å². The van der Waals surface area contributed by atoms with Crippen molar-refractivity contribution in [2.24, 2.45) is 5.92 Å². The predicted molar refractivity (Wildman–Crippen MR) is 107 cm³/mol. The van der Waals surface area contributed by atoms with E-state index in [1.807, 2.05) is 32.9 Å². The number of Topliss-reactive ketones (excluding diaryl/α,β-unsaturated/α-hetero) is 1. The van der Waals surface area contributed by atoms with Crippen LogP contribution in [0.5, 0.6) is 0 Å². The number of rotatable bonds is 5. The van der Waals surface area contributed by atoms with Crippen molar-refractivity contribution in [2.75, 3.05) is 18.0 Å². The molecule has 0 aromatic heterocycles. The molecule has 26 heavy (non-hydrogen) atoms. The third-order valence-electron chi connectivity index (χ3n) is 5.47. The van der Waals surface area contributed by atoms with Gasteiger partial charge in [-0.1, -0.05) is 23.3 Å². The number of hydrogen-bond acceptors (Lipinski definition) is 3. The molecule has 4 heteroatoms. The van der Waals surface area contributed by atoms with Crippen molar-refractivity contribution in [1.82, 2.24) is 0 Å². The highest BCUT2D eigenvalue weighted by molar-refractivity contribution is 6.31. The maximum absolute atomic E-state index is 12.9. The molecule has 0 bridgehead atoms. The summed E-state index contributed by atoms with van der Waals surface area (Å²) in [5.74, 6) is -0.00612. The molecular weight excluding hydrogens is 346 g/mol. The van der Waals surface area contributed by atoms with Crippen LogP contribution in [0.1, 0.15) is 55.5 Å². The molecule has 138 valence electrons. The summed E-state index contributed by atoms with van der Waals surface area (Å²) in [6.45, 7) is 7.93. The minimum Gasteiger partial charge on any atom is -0.371 e. The lowest BCUT2D eigenvalue weighted by atomic mass is 9.84. The van der Waals surface area contributed by atoms with Crippen LogP contribution in [0.3, 0.4) is 0 Å². The lowest BCUT2D eigenvalue weighted by molar-refractivity contribution is -0.117. The molecule has 1 aromatic rings. The Hall–Kier alpha value is -1.87. The molecule has 0 radical (unpaired) electrons. The van der Waals surface area contributed by atoms with Crippen LogP contribution < -0.4 is 4.90 Å². The minimum atomic E-state index is -0.180. The molecule has 1 unspecified atom stereocenters. The Labute approximate surface area is 160 Å². The van der Waals surface area contributed by atoms with E-state index in [0.717, 1.165) is 35.5 Å². The van der Waals surface area contributed by atoms with Gasteiger partial charge >= 0.3 is 0 Å². The molecular formula is C22H26ClNO2. The summed E-state index contributed by atoms with van der Waals surface area (Å²) < 4.78 is 0. The highest BCUT2D eigenvalue weighted by atomic mass is 35.5. The molecule has 1 fully saturated rings. The topological polar surface area (TPSA) is 37.4 Å². The van der Waals surface area contributed by atoms with Crippen LogP contribution in [0.4, 0.5) is 5.69 Å². The maximum atomic E-state index is 12.9. The SMILES string of the molecule is CC1=CC(=O)C(CCC(=O)c2cc(Cl)cc(N3CCCC3)c2C)C(C)=C1. The zero-order chi connectivity index (χ0) is 18.8. The van der Waals surface area contributed by atoms with E-state index >= 15 is 0 Å². The molecule has 2 aliphatic rings. The first kappa shape index (κ1) is 18.9. The van der Waals surface area contributed by atoms with Crippen molar-refractivity contribution in [3.05, 3.63) is 51.6 Å². The molecule has 0 spiro atoms. The van der Waals surface area contributed by atoms with Gasteiger partial charge in [0.15, 0.2) is 11.6 Å². The molecule has 3 nitrogen and oxygen atoms in total. The Kier molecular flexibility index (Phi) is 5.67. The van der Waals surface area contributed by atoms with Crippen molar-refractivity contribution < 1.29 is 9.59 Å². The van der Waals surface area contributed by atoms with Crippen LogP contribution in [0.15, 0.2) is 35.4 Å². The number of carbonyl (C=O) groups is 2. The van der Waals surface area contributed by atoms with Crippen LogP contribution in [0, 0.1) is 12.8 Å². The summed E-state index contributed by atoms with van der Waals surface area (Å²) in [6, 6.07) is 3.73. The standard InChI is InChI=1S/C22H26ClNO2/c1-14-10-15(2)18(22(26)11-14)6-7-21(25)19-12-17(23)13-20(16(19)3)24-8-4-5-9-24/h10-13,18H,4-9H2,1-3H3. The summed E-state index contributed by atoms with van der Waals surface area (Å²) >= 11 is 6.31. The average Bonchev–Trinajstić information content (AvgIpc) is 3.09. The lowest BCUT2D eigenvalue weighted by Crippen LogP contribution is -2.21. The van der Waals surface area contributed by atoms with Gasteiger partial charge in [-0.05, 0) is 69.4 Å². The van der Waals surface area contributed by atoms with E-state index in [1.165, 1.54) is 12.8 Å². The van der Waals surface area contributed by atoms with E-state index in [-0.39, 0.29) is 17.5 Å². The fourth-order valence-electron chi connectivity index (χ4n) is 4.07. The number of allylic oxidation sites excluding steroid dienone is 4. The van der Waals surface area contributed by atoms with Crippen molar-refractivity contribution in [3.63, 3.8) is 0 Å². The fraction of sp³-hybridized carbons (Fsp3) is 0.455. The first-order chi connectivity index (χ1) is 12.4. The van der Waals surface area contributed by atoms with Gasteiger partial charge in [-0.25, -0.2) is 0 Å². The van der Waals surface area contributed by atoms with Gasteiger partial charge < -0.3 is 4.90 Å². The van der Waals surface area contributed by atoms with Gasteiger partial charge in [0.2, 0.25) is 0 Å². The van der Waals surface area contributed by atoms with Crippen molar-refractivity contribution in [1.29, 1.82) is 0 Å². The van der Waals surface area contributed by atoms with Gasteiger partial charge in [0, 0.05) is 41.7 Å². The zero-order valence-corrected chi connectivity index (χ0v) is 16.5. The van der Waals surface area contributed by atoms with Crippen LogP contribution in [0.25, 0.3) is 0 Å².